The number of benzene rings is 3. The molecule has 30 heavy (non-hydrogen) atoms. The summed E-state index contributed by atoms with van der Waals surface area (Å²) < 4.78 is 20.6. The predicted octanol–water partition coefficient (Wildman–Crippen LogP) is 5.42. The van der Waals surface area contributed by atoms with Gasteiger partial charge in [0.2, 0.25) is 0 Å². The lowest BCUT2D eigenvalue weighted by molar-refractivity contribution is 0.403. The number of halogens is 1. The molecular formula is C25H24FN3O. The molecule has 0 aliphatic rings. The van der Waals surface area contributed by atoms with E-state index in [1.807, 2.05) is 67.4 Å². The van der Waals surface area contributed by atoms with E-state index in [0.29, 0.717) is 0 Å². The lowest BCUT2D eigenvalue weighted by Gasteiger charge is -2.14. The Bertz CT molecular complexity index is 1130. The molecule has 0 saturated carbocycles. The minimum atomic E-state index is -0.233. The predicted molar refractivity (Wildman–Crippen MR) is 118 cm³/mol. The summed E-state index contributed by atoms with van der Waals surface area (Å²) in [7, 11) is 5.76. The summed E-state index contributed by atoms with van der Waals surface area (Å²) in [5.41, 5.74) is 6.19. The van der Waals surface area contributed by atoms with Crippen LogP contribution in [0.25, 0.3) is 28.1 Å². The van der Waals surface area contributed by atoms with E-state index in [4.69, 9.17) is 4.74 Å². The third kappa shape index (κ3) is 4.11. The molecule has 152 valence electrons. The topological polar surface area (TPSA) is 30.3 Å². The van der Waals surface area contributed by atoms with Gasteiger partial charge >= 0.3 is 0 Å². The molecule has 3 aromatic carbocycles. The zero-order valence-electron chi connectivity index (χ0n) is 17.3. The van der Waals surface area contributed by atoms with E-state index in [-0.39, 0.29) is 5.82 Å². The van der Waals surface area contributed by atoms with E-state index in [0.717, 1.165) is 45.9 Å². The molecule has 5 heteroatoms. The first-order valence-electron chi connectivity index (χ1n) is 9.77. The first-order valence-corrected chi connectivity index (χ1v) is 9.77. The Morgan fingerprint density at radius 1 is 0.900 bits per heavy atom. The largest absolute Gasteiger partial charge is 0.497 e. The molecular weight excluding hydrogens is 377 g/mol. The van der Waals surface area contributed by atoms with Crippen molar-refractivity contribution in [1.29, 1.82) is 0 Å². The number of aromatic nitrogens is 2. The summed E-state index contributed by atoms with van der Waals surface area (Å²) >= 11 is 0. The van der Waals surface area contributed by atoms with E-state index in [1.165, 1.54) is 12.1 Å². The van der Waals surface area contributed by atoms with E-state index in [9.17, 15) is 4.39 Å². The van der Waals surface area contributed by atoms with Crippen molar-refractivity contribution in [2.45, 2.75) is 6.54 Å². The maximum absolute atomic E-state index is 13.2. The molecule has 1 aromatic heterocycles. The molecule has 4 nitrogen and oxygen atoms in total. The van der Waals surface area contributed by atoms with Crippen LogP contribution >= 0.6 is 0 Å². The minimum Gasteiger partial charge on any atom is -0.497 e. The third-order valence-electron chi connectivity index (χ3n) is 4.96. The van der Waals surface area contributed by atoms with Crippen molar-refractivity contribution < 1.29 is 9.13 Å². The van der Waals surface area contributed by atoms with E-state index >= 15 is 0 Å². The van der Waals surface area contributed by atoms with Crippen LogP contribution in [0.1, 0.15) is 5.56 Å². The molecule has 4 rings (SSSR count). The molecule has 0 aliphatic carbocycles. The highest BCUT2D eigenvalue weighted by atomic mass is 19.1. The van der Waals surface area contributed by atoms with Gasteiger partial charge in [0.1, 0.15) is 11.6 Å². The Morgan fingerprint density at radius 3 is 2.20 bits per heavy atom. The van der Waals surface area contributed by atoms with Gasteiger partial charge < -0.3 is 9.64 Å². The van der Waals surface area contributed by atoms with Crippen LogP contribution in [0.4, 0.5) is 4.39 Å². The average Bonchev–Trinajstić information content (AvgIpc) is 3.17. The first-order chi connectivity index (χ1) is 14.5. The zero-order chi connectivity index (χ0) is 21.1. The summed E-state index contributed by atoms with van der Waals surface area (Å²) in [6, 6.07) is 22.7. The van der Waals surface area contributed by atoms with Gasteiger partial charge in [0.25, 0.3) is 0 Å². The number of hydrogen-bond donors (Lipinski definition) is 0. The first kappa shape index (κ1) is 19.9. The summed E-state index contributed by atoms with van der Waals surface area (Å²) in [6.45, 7) is 0.778. The molecule has 0 bridgehead atoms. The van der Waals surface area contributed by atoms with Gasteiger partial charge in [0.05, 0.1) is 24.7 Å². The van der Waals surface area contributed by atoms with Gasteiger partial charge in [-0.05, 0) is 61.6 Å². The SMILES string of the molecule is COc1cccc(-c2c(CN(C)C)cnn2-c2ccc(-c3ccc(F)cc3)cc2)c1. The van der Waals surface area contributed by atoms with E-state index in [1.54, 1.807) is 19.2 Å². The second kappa shape index (κ2) is 8.51. The molecule has 0 unspecified atom stereocenters. The van der Waals surface area contributed by atoms with Crippen LogP contribution in [-0.2, 0) is 6.54 Å². The molecule has 0 fully saturated rings. The van der Waals surface area contributed by atoms with Gasteiger partial charge in [-0.25, -0.2) is 9.07 Å². The maximum Gasteiger partial charge on any atom is 0.123 e. The Hall–Kier alpha value is -3.44. The van der Waals surface area contributed by atoms with Crippen LogP contribution in [-0.4, -0.2) is 35.9 Å². The quantitative estimate of drug-likeness (QED) is 0.432. The van der Waals surface area contributed by atoms with Crippen LogP contribution < -0.4 is 4.74 Å². The molecule has 0 amide bonds. The van der Waals surface area contributed by atoms with Crippen LogP contribution in [0.2, 0.25) is 0 Å². The number of hydrogen-bond acceptors (Lipinski definition) is 3. The number of ether oxygens (including phenoxy) is 1. The van der Waals surface area contributed by atoms with Crippen LogP contribution in [0, 0.1) is 5.82 Å². The van der Waals surface area contributed by atoms with Gasteiger partial charge in [0.15, 0.2) is 0 Å². The molecule has 0 atom stereocenters. The highest BCUT2D eigenvalue weighted by molar-refractivity contribution is 5.69. The fraction of sp³-hybridized carbons (Fsp3) is 0.160. The summed E-state index contributed by atoms with van der Waals surface area (Å²) in [5.74, 6) is 0.575. The highest BCUT2D eigenvalue weighted by Gasteiger charge is 2.16. The molecule has 1 heterocycles. The molecule has 0 spiro atoms. The van der Waals surface area contributed by atoms with Crippen molar-refractivity contribution in [3.63, 3.8) is 0 Å². The standard InChI is InChI=1S/C25H24FN3O/c1-28(2)17-21-16-27-29(25(21)20-5-4-6-24(15-20)30-3)23-13-9-19(10-14-23)18-7-11-22(26)12-8-18/h4-16H,17H2,1-3H3. The number of methoxy groups -OCH3 is 1. The van der Waals surface area contributed by atoms with Crippen molar-refractivity contribution in [3.05, 3.63) is 90.4 Å². The second-order valence-corrected chi connectivity index (χ2v) is 7.45. The van der Waals surface area contributed by atoms with E-state index < -0.39 is 0 Å². The average molecular weight is 401 g/mol. The van der Waals surface area contributed by atoms with Gasteiger partial charge in [-0.1, -0.05) is 36.4 Å². The minimum absolute atomic E-state index is 0.233. The fourth-order valence-electron chi connectivity index (χ4n) is 3.55. The fourth-order valence-corrected chi connectivity index (χ4v) is 3.55. The third-order valence-corrected chi connectivity index (χ3v) is 4.96. The number of nitrogens with zero attached hydrogens (tertiary/aromatic N) is 3. The Morgan fingerprint density at radius 2 is 1.57 bits per heavy atom. The lowest BCUT2D eigenvalue weighted by Crippen LogP contribution is -2.11. The van der Waals surface area contributed by atoms with Crippen molar-refractivity contribution >= 4 is 0 Å². The summed E-state index contributed by atoms with van der Waals surface area (Å²) in [5, 5.41) is 4.68. The molecule has 0 N–H and O–H groups in total. The monoisotopic (exact) mass is 401 g/mol. The Labute approximate surface area is 176 Å². The molecule has 4 aromatic rings. The smallest absolute Gasteiger partial charge is 0.123 e. The van der Waals surface area contributed by atoms with Crippen molar-refractivity contribution in [1.82, 2.24) is 14.7 Å². The van der Waals surface area contributed by atoms with E-state index in [2.05, 4.69) is 16.1 Å². The van der Waals surface area contributed by atoms with Gasteiger partial charge in [-0.3, -0.25) is 0 Å². The lowest BCUT2D eigenvalue weighted by atomic mass is 10.0. The van der Waals surface area contributed by atoms with Crippen LogP contribution in [0.5, 0.6) is 5.75 Å². The molecule has 0 radical (unpaired) electrons. The van der Waals surface area contributed by atoms with Gasteiger partial charge in [-0.15, -0.1) is 0 Å². The van der Waals surface area contributed by atoms with Crippen LogP contribution in [0.3, 0.4) is 0 Å². The molecule has 0 aliphatic heterocycles. The van der Waals surface area contributed by atoms with Gasteiger partial charge in [0, 0.05) is 17.7 Å². The zero-order valence-corrected chi connectivity index (χ0v) is 17.3. The molecule has 0 saturated heterocycles. The second-order valence-electron chi connectivity index (χ2n) is 7.45. The van der Waals surface area contributed by atoms with Crippen molar-refractivity contribution in [3.8, 4) is 33.8 Å². The summed E-state index contributed by atoms with van der Waals surface area (Å²) in [6.07, 6.45) is 1.92. The Kier molecular flexibility index (Phi) is 5.63. The van der Waals surface area contributed by atoms with Crippen molar-refractivity contribution in [2.24, 2.45) is 0 Å². The summed E-state index contributed by atoms with van der Waals surface area (Å²) in [4.78, 5) is 2.13. The highest BCUT2D eigenvalue weighted by Crippen LogP contribution is 2.30. The number of rotatable bonds is 6. The maximum atomic E-state index is 13.2. The normalized spacial score (nSPS) is 11.1. The van der Waals surface area contributed by atoms with Crippen LogP contribution in [0.15, 0.2) is 79.0 Å². The van der Waals surface area contributed by atoms with Gasteiger partial charge in [-0.2, -0.15) is 5.10 Å². The van der Waals surface area contributed by atoms with Crippen molar-refractivity contribution in [2.75, 3.05) is 21.2 Å². The Balaban J connectivity index is 1.76.